The molecule has 0 spiro atoms. The number of fused-ring (bicyclic) bond motifs is 4. The Hall–Kier alpha value is -13.2. The first-order valence-electron chi connectivity index (χ1n) is 41.7. The molecule has 0 amide bonds. The lowest BCUT2D eigenvalue weighted by atomic mass is 9.78. The van der Waals surface area contributed by atoms with Crippen molar-refractivity contribution in [2.45, 2.75) is 58.0 Å². The molecule has 8 heteroatoms. The molecule has 5 nitrogen and oxygen atoms in total. The van der Waals surface area contributed by atoms with E-state index in [4.69, 9.17) is 0 Å². The molecule has 0 aliphatic heterocycles. The van der Waals surface area contributed by atoms with Crippen molar-refractivity contribution in [3.63, 3.8) is 0 Å². The molecule has 0 saturated heterocycles. The minimum Gasteiger partial charge on any atom is -0.386 e. The molecule has 19 rings (SSSR count). The topological polar surface area (TPSA) is 33.2 Å². The van der Waals surface area contributed by atoms with Crippen LogP contribution in [0.4, 0.5) is 68.2 Å². The largest absolute Gasteiger partial charge is 0.386 e. The fraction of sp³-hybridized carbons (Fsp3) is 0.0783. The third-order valence-electron chi connectivity index (χ3n) is 23.6. The first-order valence-corrected chi connectivity index (χ1v) is 44.1. The van der Waals surface area contributed by atoms with Crippen LogP contribution in [0.25, 0.3) is 65.3 Å². The summed E-state index contributed by atoms with van der Waals surface area (Å²) < 4.78 is 3.21. The number of halogens is 3. The lowest BCUT2D eigenvalue weighted by molar-refractivity contribution is 0.0786. The molecule has 19 aromatic carbocycles. The van der Waals surface area contributed by atoms with Crippen molar-refractivity contribution in [1.29, 1.82) is 0 Å². The van der Waals surface area contributed by atoms with Gasteiger partial charge in [-0.25, -0.2) is 0 Å². The van der Waals surface area contributed by atoms with Gasteiger partial charge in [0, 0.05) is 91.3 Å². The first-order chi connectivity index (χ1) is 59.9. The molecule has 0 aliphatic carbocycles. The Bertz CT molecular complexity index is 6410. The molecule has 0 radical (unpaired) electrons. The molecule has 600 valence electrons. The van der Waals surface area contributed by atoms with Gasteiger partial charge >= 0.3 is 0 Å². The SMILES string of the molecule is CC(C)(O)c1ccc(Br)cc1.CC(C)(c1ccc(Br)cc1)c1ccc(N(c2ccc(-c3ccc(N(c4ccc(C(C)(C)c5ccc(Br)cc5)cc4)c4cccc5ccccc45)cc3)cc2)c2cccc3ccccc23)cc1.c1ccc(N(c2ccc(-c3ccc(N(c4ccccc4)c4cccc5ccccc45)cc3)cc2)c2cccc3ccccc23)cc1. The van der Waals surface area contributed by atoms with E-state index >= 15 is 0 Å². The minimum atomic E-state index is -0.735. The molecule has 1 N–H and O–H groups in total. The van der Waals surface area contributed by atoms with Gasteiger partial charge in [0.2, 0.25) is 0 Å². The van der Waals surface area contributed by atoms with Crippen molar-refractivity contribution in [2.75, 3.05) is 19.6 Å². The summed E-state index contributed by atoms with van der Waals surface area (Å²) in [5.74, 6) is 0. The van der Waals surface area contributed by atoms with E-state index < -0.39 is 5.60 Å². The fourth-order valence-electron chi connectivity index (χ4n) is 16.7. The standard InChI is InChI=1S/C62H50Br2N2.C44H32N2.C9H11BrO/c1-61(2,47-23-31-51(63)32-24-47)49-27-39-55(40-28-49)65(59-17-9-13-45-11-5-7-15-57(45)59)53-35-19-43(20-36-53)44-21-37-54(38-22-44)66(60-18-10-14-46-12-6-8-16-58(46)60)56-41-29-50(30-42-56)62(3,4)48-25-33-52(64)34-26-48;1-3-17-37(18-4-1)45(43-23-11-15-35-13-7-9-21-41(35)43)39-29-25-33(26-30-39)34-27-31-40(32-28-34)46(38-19-5-2-6-20-38)44-24-12-16-36-14-8-10-22-42(36)44;1-9(2,11)7-3-5-8(10)6-4-7/h5-42H,1-4H3;1-32H;3-6,11H,1-2H3. The van der Waals surface area contributed by atoms with Gasteiger partial charge in [-0.2, -0.15) is 0 Å². The highest BCUT2D eigenvalue weighted by Crippen LogP contribution is 2.47. The molecule has 0 saturated carbocycles. The third-order valence-corrected chi connectivity index (χ3v) is 25.2. The van der Waals surface area contributed by atoms with Gasteiger partial charge in [-0.05, 0) is 243 Å². The lowest BCUT2D eigenvalue weighted by Crippen LogP contribution is -2.19. The summed E-state index contributed by atoms with van der Waals surface area (Å²) in [5.41, 5.74) is 23.2. The van der Waals surface area contributed by atoms with Crippen LogP contribution >= 0.6 is 47.8 Å². The van der Waals surface area contributed by atoms with Gasteiger partial charge < -0.3 is 24.7 Å². The number of aliphatic hydroxyl groups is 1. The third kappa shape index (κ3) is 18.0. The van der Waals surface area contributed by atoms with Crippen LogP contribution in [0.3, 0.4) is 0 Å². The molecular formula is C115H93Br3N4O. The Kier molecular flexibility index (Phi) is 24.2. The maximum Gasteiger partial charge on any atom is 0.0840 e. The van der Waals surface area contributed by atoms with Gasteiger partial charge in [0.25, 0.3) is 0 Å². The molecule has 123 heavy (non-hydrogen) atoms. The average Bonchev–Trinajstić information content (AvgIpc) is 0.775. The number of hydrogen-bond donors (Lipinski definition) is 1. The normalized spacial score (nSPS) is 11.5. The predicted molar refractivity (Wildman–Crippen MR) is 534 cm³/mol. The second-order valence-corrected chi connectivity index (χ2v) is 35.4. The summed E-state index contributed by atoms with van der Waals surface area (Å²) >= 11 is 10.5. The number of hydrogen-bond acceptors (Lipinski definition) is 5. The maximum atomic E-state index is 9.56. The van der Waals surface area contributed by atoms with Gasteiger partial charge in [0.15, 0.2) is 0 Å². The van der Waals surface area contributed by atoms with Crippen molar-refractivity contribution in [2.24, 2.45) is 0 Å². The number of benzene rings is 19. The molecule has 0 bridgehead atoms. The Morgan fingerprint density at radius 1 is 0.179 bits per heavy atom. The highest BCUT2D eigenvalue weighted by Gasteiger charge is 2.28. The predicted octanol–water partition coefficient (Wildman–Crippen LogP) is 34.1. The molecular weight excluding hydrogens is 1690 g/mol. The van der Waals surface area contributed by atoms with E-state index in [-0.39, 0.29) is 10.8 Å². The van der Waals surface area contributed by atoms with Crippen LogP contribution in [0, 0.1) is 0 Å². The molecule has 0 aliphatic rings. The van der Waals surface area contributed by atoms with Crippen molar-refractivity contribution >= 4 is 159 Å². The second-order valence-electron chi connectivity index (χ2n) is 32.6. The minimum absolute atomic E-state index is 0.158. The van der Waals surface area contributed by atoms with Gasteiger partial charge in [-0.15, -0.1) is 0 Å². The van der Waals surface area contributed by atoms with Crippen molar-refractivity contribution in [3.05, 3.63) is 490 Å². The second kappa shape index (κ2) is 36.2. The summed E-state index contributed by atoms with van der Waals surface area (Å²) in [4.78, 5) is 9.46. The van der Waals surface area contributed by atoms with E-state index in [9.17, 15) is 5.11 Å². The van der Waals surface area contributed by atoms with Crippen LogP contribution in [0.15, 0.2) is 462 Å². The highest BCUT2D eigenvalue weighted by molar-refractivity contribution is 9.11. The lowest BCUT2D eigenvalue weighted by Gasteiger charge is -2.30. The number of para-hydroxylation sites is 2. The zero-order chi connectivity index (χ0) is 84.6. The summed E-state index contributed by atoms with van der Waals surface area (Å²) in [6.07, 6.45) is 0. The van der Waals surface area contributed by atoms with Crippen LogP contribution in [-0.4, -0.2) is 5.11 Å². The zero-order valence-corrected chi connectivity index (χ0v) is 74.4. The zero-order valence-electron chi connectivity index (χ0n) is 69.6. The van der Waals surface area contributed by atoms with Crippen LogP contribution in [-0.2, 0) is 16.4 Å². The van der Waals surface area contributed by atoms with E-state index in [0.717, 1.165) is 98.4 Å². The van der Waals surface area contributed by atoms with Crippen LogP contribution in [0.1, 0.15) is 69.4 Å². The summed E-state index contributed by atoms with van der Waals surface area (Å²) in [6, 6.07) is 161. The van der Waals surface area contributed by atoms with Gasteiger partial charge in [-0.3, -0.25) is 0 Å². The molecule has 0 unspecified atom stereocenters. The summed E-state index contributed by atoms with van der Waals surface area (Å²) in [7, 11) is 0. The summed E-state index contributed by atoms with van der Waals surface area (Å²) in [6.45, 7) is 12.7. The number of rotatable bonds is 19. The first kappa shape index (κ1) is 82.1. The van der Waals surface area contributed by atoms with E-state index in [2.05, 4.69) is 520 Å². The molecule has 0 fully saturated rings. The Morgan fingerprint density at radius 2 is 0.358 bits per heavy atom. The maximum absolute atomic E-state index is 9.56. The average molecular weight is 1790 g/mol. The number of nitrogens with zero attached hydrogens (tertiary/aromatic N) is 4. The van der Waals surface area contributed by atoms with Crippen molar-refractivity contribution in [3.8, 4) is 22.3 Å². The van der Waals surface area contributed by atoms with Crippen molar-refractivity contribution in [1.82, 2.24) is 0 Å². The smallest absolute Gasteiger partial charge is 0.0840 e. The van der Waals surface area contributed by atoms with Crippen LogP contribution in [0.5, 0.6) is 0 Å². The highest BCUT2D eigenvalue weighted by atomic mass is 79.9. The van der Waals surface area contributed by atoms with Gasteiger partial charge in [0.1, 0.15) is 0 Å². The van der Waals surface area contributed by atoms with Crippen LogP contribution < -0.4 is 19.6 Å². The molecule has 19 aromatic rings. The Labute approximate surface area is 748 Å². The van der Waals surface area contributed by atoms with Gasteiger partial charge in [0.05, 0.1) is 28.4 Å². The Morgan fingerprint density at radius 3 is 0.585 bits per heavy atom. The summed E-state index contributed by atoms with van der Waals surface area (Å²) in [5, 5.41) is 19.3. The fourth-order valence-corrected chi connectivity index (χ4v) is 17.5. The van der Waals surface area contributed by atoms with E-state index in [0.29, 0.717) is 0 Å². The van der Waals surface area contributed by atoms with Crippen LogP contribution in [0.2, 0.25) is 0 Å². The van der Waals surface area contributed by atoms with E-state index in [1.807, 2.05) is 24.3 Å². The molecule has 0 heterocycles. The Balaban J connectivity index is 0.000000162. The van der Waals surface area contributed by atoms with E-state index in [1.165, 1.54) is 76.5 Å². The molecule has 0 atom stereocenters. The van der Waals surface area contributed by atoms with E-state index in [1.54, 1.807) is 13.8 Å². The molecule has 0 aromatic heterocycles. The van der Waals surface area contributed by atoms with Gasteiger partial charge in [-0.1, -0.05) is 367 Å². The van der Waals surface area contributed by atoms with Crippen molar-refractivity contribution < 1.29 is 5.11 Å². The number of anilines is 12. The quantitative estimate of drug-likeness (QED) is 0.0872. The monoisotopic (exact) mass is 1780 g/mol.